The fraction of sp³-hybridized carbons (Fsp3) is 0.133. The number of benzene rings is 2. The number of para-hydroxylation sites is 1. The first kappa shape index (κ1) is 14.6. The van der Waals surface area contributed by atoms with E-state index in [0.29, 0.717) is 5.69 Å². The molecule has 0 aromatic heterocycles. The van der Waals surface area contributed by atoms with E-state index in [1.165, 1.54) is 11.0 Å². The van der Waals surface area contributed by atoms with Crippen LogP contribution in [0.1, 0.15) is 15.9 Å². The fourth-order valence-electron chi connectivity index (χ4n) is 2.03. The molecule has 2 aromatic rings. The minimum absolute atomic E-state index is 0.0591. The van der Waals surface area contributed by atoms with Crippen molar-refractivity contribution in [2.45, 2.75) is 6.92 Å². The van der Waals surface area contributed by atoms with Crippen molar-refractivity contribution in [1.29, 1.82) is 0 Å². The average molecular weight is 288 g/mol. The third-order valence-corrected chi connectivity index (χ3v) is 3.17. The number of nitrogens with zero attached hydrogens (tertiary/aromatic N) is 2. The Morgan fingerprint density at radius 1 is 1.24 bits per heavy atom. The van der Waals surface area contributed by atoms with Crippen molar-refractivity contribution in [3.63, 3.8) is 0 Å². The van der Waals surface area contributed by atoms with Crippen molar-refractivity contribution < 1.29 is 14.1 Å². The number of hydrogen-bond donors (Lipinski definition) is 0. The quantitative estimate of drug-likeness (QED) is 0.643. The second-order valence-electron chi connectivity index (χ2n) is 4.57. The molecule has 0 aliphatic rings. The first-order valence-electron chi connectivity index (χ1n) is 6.19. The van der Waals surface area contributed by atoms with Gasteiger partial charge in [0.15, 0.2) is 0 Å². The summed E-state index contributed by atoms with van der Waals surface area (Å²) in [6.45, 7) is 1.86. The number of rotatable bonds is 3. The zero-order valence-electron chi connectivity index (χ0n) is 11.5. The van der Waals surface area contributed by atoms with Gasteiger partial charge in [-0.3, -0.25) is 14.9 Å². The lowest BCUT2D eigenvalue weighted by molar-refractivity contribution is -0.387. The summed E-state index contributed by atoms with van der Waals surface area (Å²) in [7, 11) is 1.57. The number of anilines is 1. The number of nitro groups is 1. The smallest absolute Gasteiger partial charge is 0.304 e. The minimum atomic E-state index is -1.02. The van der Waals surface area contributed by atoms with Gasteiger partial charge in [-0.05, 0) is 30.7 Å². The molecule has 5 nitrogen and oxygen atoms in total. The molecule has 6 heteroatoms. The molecule has 0 spiro atoms. The van der Waals surface area contributed by atoms with Gasteiger partial charge in [-0.15, -0.1) is 0 Å². The first-order chi connectivity index (χ1) is 9.91. The number of hydrogen-bond acceptors (Lipinski definition) is 3. The van der Waals surface area contributed by atoms with Crippen LogP contribution >= 0.6 is 0 Å². The van der Waals surface area contributed by atoms with Gasteiger partial charge in [-0.1, -0.05) is 18.2 Å². The van der Waals surface area contributed by atoms with Crippen LogP contribution in [0.3, 0.4) is 0 Å². The highest BCUT2D eigenvalue weighted by atomic mass is 19.1. The number of amides is 1. The van der Waals surface area contributed by atoms with E-state index in [-0.39, 0.29) is 5.56 Å². The normalized spacial score (nSPS) is 10.2. The number of nitro benzene ring substituents is 1. The van der Waals surface area contributed by atoms with Crippen molar-refractivity contribution in [3.8, 4) is 0 Å². The monoisotopic (exact) mass is 288 g/mol. The second kappa shape index (κ2) is 5.70. The molecular weight excluding hydrogens is 275 g/mol. The summed E-state index contributed by atoms with van der Waals surface area (Å²) >= 11 is 0. The van der Waals surface area contributed by atoms with Crippen LogP contribution in [0.5, 0.6) is 0 Å². The van der Waals surface area contributed by atoms with E-state index in [9.17, 15) is 19.3 Å². The zero-order chi connectivity index (χ0) is 15.6. The van der Waals surface area contributed by atoms with Crippen molar-refractivity contribution in [2.24, 2.45) is 0 Å². The maximum atomic E-state index is 13.6. The predicted octanol–water partition coefficient (Wildman–Crippen LogP) is 3.32. The topological polar surface area (TPSA) is 63.5 Å². The third-order valence-electron chi connectivity index (χ3n) is 3.17. The van der Waals surface area contributed by atoms with Gasteiger partial charge in [0.1, 0.15) is 0 Å². The van der Waals surface area contributed by atoms with Crippen LogP contribution in [0.2, 0.25) is 0 Å². The Hall–Kier alpha value is -2.76. The lowest BCUT2D eigenvalue weighted by Crippen LogP contribution is -2.27. The SMILES string of the molecule is Cc1ccccc1N(C)C(=O)c1ccc([N+](=O)[O-])c(F)c1. The molecule has 108 valence electrons. The van der Waals surface area contributed by atoms with Gasteiger partial charge < -0.3 is 4.90 Å². The molecule has 0 saturated heterocycles. The lowest BCUT2D eigenvalue weighted by atomic mass is 10.1. The largest absolute Gasteiger partial charge is 0.311 e. The van der Waals surface area contributed by atoms with Gasteiger partial charge in [-0.25, -0.2) is 0 Å². The molecule has 0 fully saturated rings. The molecule has 0 unspecified atom stereocenters. The highest BCUT2D eigenvalue weighted by Crippen LogP contribution is 2.22. The van der Waals surface area contributed by atoms with Gasteiger partial charge in [0, 0.05) is 24.4 Å². The maximum absolute atomic E-state index is 13.6. The van der Waals surface area contributed by atoms with Crippen molar-refractivity contribution >= 4 is 17.3 Å². The summed E-state index contributed by atoms with van der Waals surface area (Å²) in [6.07, 6.45) is 0. The second-order valence-corrected chi connectivity index (χ2v) is 4.57. The molecule has 0 atom stereocenters. The molecule has 0 aliphatic heterocycles. The van der Waals surface area contributed by atoms with Crippen LogP contribution in [0.15, 0.2) is 42.5 Å². The number of carbonyl (C=O) groups is 1. The number of halogens is 1. The molecule has 0 N–H and O–H groups in total. The third kappa shape index (κ3) is 2.89. The Morgan fingerprint density at radius 3 is 2.48 bits per heavy atom. The molecule has 21 heavy (non-hydrogen) atoms. The van der Waals surface area contributed by atoms with Crippen LogP contribution in [-0.4, -0.2) is 17.9 Å². The van der Waals surface area contributed by atoms with Crippen LogP contribution in [-0.2, 0) is 0 Å². The highest BCUT2D eigenvalue weighted by Gasteiger charge is 2.20. The summed E-state index contributed by atoms with van der Waals surface area (Å²) in [5, 5.41) is 10.6. The van der Waals surface area contributed by atoms with E-state index in [4.69, 9.17) is 0 Å². The Morgan fingerprint density at radius 2 is 1.90 bits per heavy atom. The standard InChI is InChI=1S/C15H13FN2O3/c1-10-5-3-4-6-13(10)17(2)15(19)11-7-8-14(18(20)21)12(16)9-11/h3-9H,1-2H3. The van der Waals surface area contributed by atoms with Gasteiger partial charge in [-0.2, -0.15) is 4.39 Å². The summed E-state index contributed by atoms with van der Waals surface area (Å²) in [5.74, 6) is -1.46. The molecular formula is C15H13FN2O3. The van der Waals surface area contributed by atoms with Crippen LogP contribution in [0.4, 0.5) is 15.8 Å². The van der Waals surface area contributed by atoms with Crippen molar-refractivity contribution in [3.05, 3.63) is 69.5 Å². The number of carbonyl (C=O) groups excluding carboxylic acids is 1. The molecule has 0 radical (unpaired) electrons. The molecule has 0 saturated carbocycles. The minimum Gasteiger partial charge on any atom is -0.311 e. The predicted molar refractivity (Wildman–Crippen MR) is 77.0 cm³/mol. The first-order valence-corrected chi connectivity index (χ1v) is 6.19. The Labute approximate surface area is 120 Å². The van der Waals surface area contributed by atoms with E-state index in [1.807, 2.05) is 19.1 Å². The van der Waals surface area contributed by atoms with E-state index in [0.717, 1.165) is 17.7 Å². The molecule has 1 amide bonds. The summed E-state index contributed by atoms with van der Waals surface area (Å²) in [6, 6.07) is 10.4. The summed E-state index contributed by atoms with van der Waals surface area (Å²) in [4.78, 5) is 23.5. The Kier molecular flexibility index (Phi) is 3.98. The van der Waals surface area contributed by atoms with Crippen molar-refractivity contribution in [2.75, 3.05) is 11.9 Å². The van der Waals surface area contributed by atoms with E-state index >= 15 is 0 Å². The molecule has 0 aliphatic carbocycles. The van der Waals surface area contributed by atoms with Crippen LogP contribution in [0, 0.1) is 22.9 Å². The van der Waals surface area contributed by atoms with Gasteiger partial charge in [0.2, 0.25) is 5.82 Å². The number of aryl methyl sites for hydroxylation is 1. The maximum Gasteiger partial charge on any atom is 0.304 e. The van der Waals surface area contributed by atoms with Crippen LogP contribution < -0.4 is 4.90 Å². The molecule has 2 rings (SSSR count). The van der Waals surface area contributed by atoms with Gasteiger partial charge in [0.05, 0.1) is 4.92 Å². The fourth-order valence-corrected chi connectivity index (χ4v) is 2.03. The van der Waals surface area contributed by atoms with Crippen molar-refractivity contribution in [1.82, 2.24) is 0 Å². The lowest BCUT2D eigenvalue weighted by Gasteiger charge is -2.19. The average Bonchev–Trinajstić information content (AvgIpc) is 2.45. The van der Waals surface area contributed by atoms with Crippen LogP contribution in [0.25, 0.3) is 0 Å². The summed E-state index contributed by atoms with van der Waals surface area (Å²) < 4.78 is 13.6. The zero-order valence-corrected chi connectivity index (χ0v) is 11.5. The van der Waals surface area contributed by atoms with Gasteiger partial charge >= 0.3 is 5.69 Å². The van der Waals surface area contributed by atoms with E-state index in [1.54, 1.807) is 19.2 Å². The Balaban J connectivity index is 2.34. The molecule has 0 bridgehead atoms. The van der Waals surface area contributed by atoms with E-state index < -0.39 is 22.3 Å². The Bertz CT molecular complexity index is 716. The highest BCUT2D eigenvalue weighted by molar-refractivity contribution is 6.06. The van der Waals surface area contributed by atoms with Gasteiger partial charge in [0.25, 0.3) is 5.91 Å². The van der Waals surface area contributed by atoms with E-state index in [2.05, 4.69) is 0 Å². The molecule has 2 aromatic carbocycles. The summed E-state index contributed by atoms with van der Waals surface area (Å²) in [5.41, 5.74) is 1.01. The molecule has 0 heterocycles.